The first-order valence-electron chi connectivity index (χ1n) is 5.93. The van der Waals surface area contributed by atoms with Gasteiger partial charge in [-0.2, -0.15) is 0 Å². The van der Waals surface area contributed by atoms with Gasteiger partial charge in [0.1, 0.15) is 0 Å². The predicted molar refractivity (Wildman–Crippen MR) is 76.9 cm³/mol. The highest BCUT2D eigenvalue weighted by Gasteiger charge is 2.36. The molecule has 0 radical (unpaired) electrons. The highest BCUT2D eigenvalue weighted by atomic mass is 79.9. The summed E-state index contributed by atoms with van der Waals surface area (Å²) >= 11 is 9.24. The molecule has 0 aliphatic carbocycles. The number of likely N-dealkylation sites (tertiary alicyclic amines) is 1. The summed E-state index contributed by atoms with van der Waals surface area (Å²) < 4.78 is 0.752. The van der Waals surface area contributed by atoms with Gasteiger partial charge in [-0.25, -0.2) is 0 Å². The lowest BCUT2D eigenvalue weighted by atomic mass is 9.98. The number of amides is 2. The molecule has 1 aliphatic rings. The summed E-state index contributed by atoms with van der Waals surface area (Å²) in [6.45, 7) is 2.84. The third kappa shape index (κ3) is 3.09. The minimum absolute atomic E-state index is 0.0871. The normalized spacial score (nSPS) is 22.6. The number of benzene rings is 1. The molecule has 0 bridgehead atoms. The fraction of sp³-hybridized carbons (Fsp3) is 0.385. The summed E-state index contributed by atoms with van der Waals surface area (Å²) in [6, 6.07) is 5.06. The first-order valence-corrected chi connectivity index (χ1v) is 7.10. The van der Waals surface area contributed by atoms with Crippen molar-refractivity contribution in [2.45, 2.75) is 6.92 Å². The van der Waals surface area contributed by atoms with Crippen LogP contribution in [0.25, 0.3) is 0 Å². The number of halogens is 2. The van der Waals surface area contributed by atoms with Crippen LogP contribution < -0.4 is 5.73 Å². The number of primary amides is 1. The van der Waals surface area contributed by atoms with Crippen LogP contribution in [0.4, 0.5) is 0 Å². The van der Waals surface area contributed by atoms with Gasteiger partial charge in [0.25, 0.3) is 5.91 Å². The molecule has 1 fully saturated rings. The molecule has 6 heteroatoms. The van der Waals surface area contributed by atoms with E-state index in [1.807, 2.05) is 6.92 Å². The van der Waals surface area contributed by atoms with Crippen molar-refractivity contribution in [1.29, 1.82) is 0 Å². The molecule has 2 atom stereocenters. The van der Waals surface area contributed by atoms with Crippen LogP contribution in [0, 0.1) is 11.8 Å². The Morgan fingerprint density at radius 2 is 2.05 bits per heavy atom. The topological polar surface area (TPSA) is 63.4 Å². The van der Waals surface area contributed by atoms with Crippen molar-refractivity contribution in [3.05, 3.63) is 33.3 Å². The van der Waals surface area contributed by atoms with Gasteiger partial charge >= 0.3 is 0 Å². The maximum Gasteiger partial charge on any atom is 0.253 e. The van der Waals surface area contributed by atoms with Crippen molar-refractivity contribution in [2.24, 2.45) is 17.6 Å². The number of hydrogen-bond acceptors (Lipinski definition) is 2. The molecule has 19 heavy (non-hydrogen) atoms. The van der Waals surface area contributed by atoms with E-state index in [9.17, 15) is 9.59 Å². The Morgan fingerprint density at radius 1 is 1.37 bits per heavy atom. The minimum atomic E-state index is -0.352. The van der Waals surface area contributed by atoms with Crippen molar-refractivity contribution in [3.8, 4) is 0 Å². The second kappa shape index (κ2) is 5.51. The van der Waals surface area contributed by atoms with E-state index in [-0.39, 0.29) is 23.7 Å². The predicted octanol–water partition coefficient (Wildman–Crippen LogP) is 2.30. The van der Waals surface area contributed by atoms with E-state index >= 15 is 0 Å². The molecular formula is C13H14BrClN2O2. The molecule has 0 saturated carbocycles. The molecule has 1 aliphatic heterocycles. The van der Waals surface area contributed by atoms with E-state index in [0.29, 0.717) is 23.7 Å². The smallest absolute Gasteiger partial charge is 0.253 e. The van der Waals surface area contributed by atoms with E-state index < -0.39 is 0 Å². The minimum Gasteiger partial charge on any atom is -0.369 e. The largest absolute Gasteiger partial charge is 0.369 e. The molecular weight excluding hydrogens is 332 g/mol. The molecule has 1 aromatic carbocycles. The maximum atomic E-state index is 12.4. The highest BCUT2D eigenvalue weighted by molar-refractivity contribution is 9.10. The van der Waals surface area contributed by atoms with Gasteiger partial charge in [0, 0.05) is 28.1 Å². The number of nitrogens with two attached hydrogens (primary N) is 1. The maximum absolute atomic E-state index is 12.4. The molecule has 4 nitrogen and oxygen atoms in total. The van der Waals surface area contributed by atoms with Crippen LogP contribution in [0.5, 0.6) is 0 Å². The molecule has 1 heterocycles. The fourth-order valence-corrected chi connectivity index (χ4v) is 3.22. The zero-order chi connectivity index (χ0) is 14.2. The standard InChI is InChI=1S/C13H14BrClN2O2/c1-7-5-17(6-11(7)12(16)18)13(19)8-2-9(14)4-10(15)3-8/h2-4,7,11H,5-6H2,1H3,(H2,16,18)/t7-,11-/m1/s1. The summed E-state index contributed by atoms with van der Waals surface area (Å²) in [6.07, 6.45) is 0. The van der Waals surface area contributed by atoms with Crippen LogP contribution >= 0.6 is 27.5 Å². The zero-order valence-corrected chi connectivity index (χ0v) is 12.7. The average Bonchev–Trinajstić information content (AvgIpc) is 2.69. The molecule has 0 unspecified atom stereocenters. The number of carbonyl (C=O) groups excluding carboxylic acids is 2. The molecule has 0 spiro atoms. The molecule has 2 amide bonds. The SMILES string of the molecule is C[C@@H]1CN(C(=O)c2cc(Cl)cc(Br)c2)C[C@H]1C(N)=O. The summed E-state index contributed by atoms with van der Waals surface area (Å²) in [5.41, 5.74) is 5.84. The number of carbonyl (C=O) groups is 2. The second-order valence-corrected chi connectivity index (χ2v) is 6.21. The quantitative estimate of drug-likeness (QED) is 0.894. The van der Waals surface area contributed by atoms with Crippen molar-refractivity contribution in [1.82, 2.24) is 4.90 Å². The Balaban J connectivity index is 2.19. The second-order valence-electron chi connectivity index (χ2n) is 4.85. The monoisotopic (exact) mass is 344 g/mol. The molecule has 2 N–H and O–H groups in total. The Labute approximate surface area is 125 Å². The van der Waals surface area contributed by atoms with E-state index in [1.165, 1.54) is 0 Å². The van der Waals surface area contributed by atoms with Crippen molar-refractivity contribution in [2.75, 3.05) is 13.1 Å². The number of rotatable bonds is 2. The third-order valence-corrected chi connectivity index (χ3v) is 4.05. The zero-order valence-electron chi connectivity index (χ0n) is 10.4. The van der Waals surface area contributed by atoms with Gasteiger partial charge in [0.05, 0.1) is 5.92 Å². The Hall–Kier alpha value is -1.07. The Kier molecular flexibility index (Phi) is 4.16. The third-order valence-electron chi connectivity index (χ3n) is 3.37. The van der Waals surface area contributed by atoms with E-state index in [1.54, 1.807) is 23.1 Å². The van der Waals surface area contributed by atoms with Crippen LogP contribution in [0.15, 0.2) is 22.7 Å². The van der Waals surface area contributed by atoms with Gasteiger partial charge in [0.15, 0.2) is 0 Å². The molecule has 1 aromatic rings. The molecule has 102 valence electrons. The van der Waals surface area contributed by atoms with Crippen LogP contribution in [-0.4, -0.2) is 29.8 Å². The van der Waals surface area contributed by atoms with E-state index in [2.05, 4.69) is 15.9 Å². The van der Waals surface area contributed by atoms with Crippen molar-refractivity contribution in [3.63, 3.8) is 0 Å². The first kappa shape index (κ1) is 14.3. The van der Waals surface area contributed by atoms with Crippen LogP contribution in [-0.2, 0) is 4.79 Å². The first-order chi connectivity index (χ1) is 8.88. The van der Waals surface area contributed by atoms with Crippen LogP contribution in [0.2, 0.25) is 5.02 Å². The summed E-state index contributed by atoms with van der Waals surface area (Å²) in [5.74, 6) is -0.662. The summed E-state index contributed by atoms with van der Waals surface area (Å²) in [7, 11) is 0. The van der Waals surface area contributed by atoms with Crippen molar-refractivity contribution >= 4 is 39.3 Å². The fourth-order valence-electron chi connectivity index (χ4n) is 2.36. The lowest BCUT2D eigenvalue weighted by molar-refractivity contribution is -0.122. The molecule has 0 aromatic heterocycles. The average molecular weight is 346 g/mol. The van der Waals surface area contributed by atoms with Gasteiger partial charge < -0.3 is 10.6 Å². The summed E-state index contributed by atoms with van der Waals surface area (Å²) in [5, 5.41) is 0.497. The van der Waals surface area contributed by atoms with Gasteiger partial charge in [-0.3, -0.25) is 9.59 Å². The Morgan fingerprint density at radius 3 is 2.58 bits per heavy atom. The van der Waals surface area contributed by atoms with E-state index in [0.717, 1.165) is 4.47 Å². The van der Waals surface area contributed by atoms with Crippen molar-refractivity contribution < 1.29 is 9.59 Å². The lowest BCUT2D eigenvalue weighted by Gasteiger charge is -2.16. The Bertz CT molecular complexity index is 515. The number of nitrogens with zero attached hydrogens (tertiary/aromatic N) is 1. The van der Waals surface area contributed by atoms with Gasteiger partial charge in [0.2, 0.25) is 5.91 Å². The van der Waals surface area contributed by atoms with Crippen LogP contribution in [0.1, 0.15) is 17.3 Å². The summed E-state index contributed by atoms with van der Waals surface area (Å²) in [4.78, 5) is 25.3. The van der Waals surface area contributed by atoms with Gasteiger partial charge in [-0.05, 0) is 24.1 Å². The lowest BCUT2D eigenvalue weighted by Crippen LogP contribution is -2.32. The number of hydrogen-bond donors (Lipinski definition) is 1. The highest BCUT2D eigenvalue weighted by Crippen LogP contribution is 2.26. The molecule has 2 rings (SSSR count). The van der Waals surface area contributed by atoms with Gasteiger partial charge in [-0.1, -0.05) is 34.5 Å². The van der Waals surface area contributed by atoms with E-state index in [4.69, 9.17) is 17.3 Å². The van der Waals surface area contributed by atoms with Gasteiger partial charge in [-0.15, -0.1) is 0 Å². The van der Waals surface area contributed by atoms with Crippen LogP contribution in [0.3, 0.4) is 0 Å². The molecule has 1 saturated heterocycles.